The predicted molar refractivity (Wildman–Crippen MR) is 76.8 cm³/mol. The van der Waals surface area contributed by atoms with Crippen molar-refractivity contribution in [3.63, 3.8) is 0 Å². The number of carbonyl (C=O) groups excluding carboxylic acids is 1. The zero-order valence-electron chi connectivity index (χ0n) is 12.1. The van der Waals surface area contributed by atoms with E-state index in [1.807, 2.05) is 29.2 Å². The average Bonchev–Trinajstić information content (AvgIpc) is 2.37. The van der Waals surface area contributed by atoms with Gasteiger partial charge in [0.15, 0.2) is 0 Å². The van der Waals surface area contributed by atoms with Gasteiger partial charge in [0.25, 0.3) is 0 Å². The molecule has 0 spiro atoms. The lowest BCUT2D eigenvalue weighted by Crippen LogP contribution is -2.45. The van der Waals surface area contributed by atoms with Crippen molar-refractivity contribution in [1.29, 1.82) is 0 Å². The number of hydrogen-bond donors (Lipinski definition) is 0. The number of amides is 1. The summed E-state index contributed by atoms with van der Waals surface area (Å²) in [6.45, 7) is 6.19. The minimum absolute atomic E-state index is 0.195. The Bertz CT molecular complexity index is 494. The Morgan fingerprint density at radius 1 is 1.16 bits per heavy atom. The lowest BCUT2D eigenvalue weighted by atomic mass is 9.96. The third-order valence-corrected chi connectivity index (χ3v) is 3.24. The maximum atomic E-state index is 12.2. The summed E-state index contributed by atoms with van der Waals surface area (Å²) in [5, 5.41) is 0. The highest BCUT2D eigenvalue weighted by molar-refractivity contribution is 5.90. The summed E-state index contributed by atoms with van der Waals surface area (Å²) < 4.78 is 5.17. The lowest BCUT2D eigenvalue weighted by molar-refractivity contribution is -0.131. The fraction of sp³-hybridized carbons (Fsp3) is 0.438. The standard InChI is InChI=1S/C16H21NO2/c1-16(2,3)17-14(6-5-7-15(17)18)12-8-10-13(19-4)11-9-12/h6,8-11H,5,7H2,1-4H3. The second kappa shape index (κ2) is 5.08. The highest BCUT2D eigenvalue weighted by Crippen LogP contribution is 2.32. The van der Waals surface area contributed by atoms with Crippen molar-refractivity contribution in [2.45, 2.75) is 39.2 Å². The summed E-state index contributed by atoms with van der Waals surface area (Å²) in [5.74, 6) is 1.02. The molecule has 3 nitrogen and oxygen atoms in total. The Morgan fingerprint density at radius 2 is 1.79 bits per heavy atom. The fourth-order valence-corrected chi connectivity index (χ4v) is 2.41. The van der Waals surface area contributed by atoms with Gasteiger partial charge in [-0.05, 0) is 57.0 Å². The molecule has 0 unspecified atom stereocenters. The molecule has 1 aromatic rings. The number of rotatable bonds is 2. The van der Waals surface area contributed by atoms with E-state index in [1.165, 1.54) is 0 Å². The summed E-state index contributed by atoms with van der Waals surface area (Å²) in [6.07, 6.45) is 3.55. The van der Waals surface area contributed by atoms with E-state index in [9.17, 15) is 4.79 Å². The van der Waals surface area contributed by atoms with E-state index in [2.05, 4.69) is 26.8 Å². The van der Waals surface area contributed by atoms with Gasteiger partial charge in [0.05, 0.1) is 7.11 Å². The Hall–Kier alpha value is -1.77. The van der Waals surface area contributed by atoms with Gasteiger partial charge in [-0.2, -0.15) is 0 Å². The summed E-state index contributed by atoms with van der Waals surface area (Å²) in [6, 6.07) is 7.86. The SMILES string of the molecule is COc1ccc(C2=CCCC(=O)N2C(C)(C)C)cc1. The number of methoxy groups -OCH3 is 1. The first-order valence-electron chi connectivity index (χ1n) is 6.61. The summed E-state index contributed by atoms with van der Waals surface area (Å²) in [4.78, 5) is 14.1. The second-order valence-electron chi connectivity index (χ2n) is 5.76. The first-order chi connectivity index (χ1) is 8.93. The van der Waals surface area contributed by atoms with Crippen molar-refractivity contribution >= 4 is 11.6 Å². The van der Waals surface area contributed by atoms with E-state index < -0.39 is 0 Å². The molecule has 0 bridgehead atoms. The van der Waals surface area contributed by atoms with Gasteiger partial charge in [0.1, 0.15) is 5.75 Å². The van der Waals surface area contributed by atoms with Gasteiger partial charge < -0.3 is 9.64 Å². The molecule has 1 amide bonds. The molecule has 0 atom stereocenters. The summed E-state index contributed by atoms with van der Waals surface area (Å²) in [5.41, 5.74) is 1.86. The van der Waals surface area contributed by atoms with E-state index in [1.54, 1.807) is 7.11 Å². The highest BCUT2D eigenvalue weighted by atomic mass is 16.5. The third-order valence-electron chi connectivity index (χ3n) is 3.24. The van der Waals surface area contributed by atoms with Crippen molar-refractivity contribution < 1.29 is 9.53 Å². The van der Waals surface area contributed by atoms with Crippen LogP contribution in [-0.4, -0.2) is 23.5 Å². The molecule has 0 fully saturated rings. The van der Waals surface area contributed by atoms with E-state index in [4.69, 9.17) is 4.74 Å². The summed E-state index contributed by atoms with van der Waals surface area (Å²) in [7, 11) is 1.65. The Morgan fingerprint density at radius 3 is 2.32 bits per heavy atom. The minimum Gasteiger partial charge on any atom is -0.497 e. The monoisotopic (exact) mass is 259 g/mol. The van der Waals surface area contributed by atoms with Crippen molar-refractivity contribution in [1.82, 2.24) is 4.90 Å². The van der Waals surface area contributed by atoms with Crippen LogP contribution in [0.15, 0.2) is 30.3 Å². The molecule has 1 heterocycles. The molecular formula is C16H21NO2. The molecule has 0 aliphatic carbocycles. The topological polar surface area (TPSA) is 29.5 Å². The van der Waals surface area contributed by atoms with Crippen LogP contribution in [0.4, 0.5) is 0 Å². The smallest absolute Gasteiger partial charge is 0.227 e. The number of hydrogen-bond acceptors (Lipinski definition) is 2. The minimum atomic E-state index is -0.205. The molecule has 102 valence electrons. The Kier molecular flexibility index (Phi) is 3.65. The lowest BCUT2D eigenvalue weighted by Gasteiger charge is -2.39. The van der Waals surface area contributed by atoms with Gasteiger partial charge >= 0.3 is 0 Å². The van der Waals surface area contributed by atoms with Crippen LogP contribution in [-0.2, 0) is 4.79 Å². The van der Waals surface area contributed by atoms with Gasteiger partial charge in [-0.15, -0.1) is 0 Å². The van der Waals surface area contributed by atoms with Crippen molar-refractivity contribution in [3.05, 3.63) is 35.9 Å². The highest BCUT2D eigenvalue weighted by Gasteiger charge is 2.31. The number of benzene rings is 1. The zero-order chi connectivity index (χ0) is 14.0. The van der Waals surface area contributed by atoms with Crippen LogP contribution >= 0.6 is 0 Å². The van der Waals surface area contributed by atoms with Crippen molar-refractivity contribution in [2.24, 2.45) is 0 Å². The molecule has 19 heavy (non-hydrogen) atoms. The number of ether oxygens (including phenoxy) is 1. The maximum Gasteiger partial charge on any atom is 0.227 e. The van der Waals surface area contributed by atoms with Gasteiger partial charge in [0, 0.05) is 17.7 Å². The van der Waals surface area contributed by atoms with Crippen LogP contribution in [0.2, 0.25) is 0 Å². The van der Waals surface area contributed by atoms with E-state index >= 15 is 0 Å². The normalized spacial score (nSPS) is 16.3. The maximum absolute atomic E-state index is 12.2. The van der Waals surface area contributed by atoms with Gasteiger partial charge in [0.2, 0.25) is 5.91 Å². The first kappa shape index (κ1) is 13.7. The number of carbonyl (C=O) groups is 1. The van der Waals surface area contributed by atoms with Crippen LogP contribution in [0.3, 0.4) is 0 Å². The second-order valence-corrected chi connectivity index (χ2v) is 5.76. The van der Waals surface area contributed by atoms with Crippen LogP contribution in [0.5, 0.6) is 5.75 Å². The molecule has 1 aliphatic heterocycles. The molecule has 0 N–H and O–H groups in total. The fourth-order valence-electron chi connectivity index (χ4n) is 2.41. The summed E-state index contributed by atoms with van der Waals surface area (Å²) >= 11 is 0. The van der Waals surface area contributed by atoms with Crippen LogP contribution < -0.4 is 4.74 Å². The van der Waals surface area contributed by atoms with Crippen LogP contribution in [0.25, 0.3) is 5.70 Å². The molecule has 0 radical (unpaired) electrons. The Labute approximate surface area is 114 Å². The number of nitrogens with zero attached hydrogens (tertiary/aromatic N) is 1. The van der Waals surface area contributed by atoms with Crippen molar-refractivity contribution in [3.8, 4) is 5.75 Å². The molecule has 2 rings (SSSR count). The largest absolute Gasteiger partial charge is 0.497 e. The first-order valence-corrected chi connectivity index (χ1v) is 6.61. The zero-order valence-corrected chi connectivity index (χ0v) is 12.1. The number of allylic oxidation sites excluding steroid dienone is 1. The van der Waals surface area contributed by atoms with Gasteiger partial charge in [-0.3, -0.25) is 4.79 Å². The van der Waals surface area contributed by atoms with E-state index in [0.717, 1.165) is 23.4 Å². The van der Waals surface area contributed by atoms with Crippen LogP contribution in [0, 0.1) is 0 Å². The van der Waals surface area contributed by atoms with Crippen molar-refractivity contribution in [2.75, 3.05) is 7.11 Å². The molecule has 1 aromatic carbocycles. The average molecular weight is 259 g/mol. The van der Waals surface area contributed by atoms with Gasteiger partial charge in [-0.1, -0.05) is 6.08 Å². The quantitative estimate of drug-likeness (QED) is 0.814. The predicted octanol–water partition coefficient (Wildman–Crippen LogP) is 3.46. The molecule has 0 saturated carbocycles. The van der Waals surface area contributed by atoms with E-state index in [-0.39, 0.29) is 11.4 Å². The molecule has 1 aliphatic rings. The molecule has 0 aromatic heterocycles. The Balaban J connectivity index is 2.39. The van der Waals surface area contributed by atoms with E-state index in [0.29, 0.717) is 6.42 Å². The van der Waals surface area contributed by atoms with Crippen LogP contribution in [0.1, 0.15) is 39.2 Å². The van der Waals surface area contributed by atoms with Gasteiger partial charge in [-0.25, -0.2) is 0 Å². The molecule has 0 saturated heterocycles. The molecular weight excluding hydrogens is 238 g/mol. The third kappa shape index (κ3) is 2.80. The molecule has 3 heteroatoms.